The number of carbonyl (C=O) groups excluding carboxylic acids is 2. The summed E-state index contributed by atoms with van der Waals surface area (Å²) >= 11 is 0. The van der Waals surface area contributed by atoms with Crippen LogP contribution in [0.3, 0.4) is 0 Å². The Bertz CT molecular complexity index is 830. The maximum absolute atomic E-state index is 12.7. The number of fused-ring (bicyclic) bond motifs is 1. The predicted molar refractivity (Wildman–Crippen MR) is 107 cm³/mol. The van der Waals surface area contributed by atoms with Crippen molar-refractivity contribution in [2.24, 2.45) is 0 Å². The molecule has 0 aliphatic carbocycles. The van der Waals surface area contributed by atoms with E-state index < -0.39 is 0 Å². The number of ether oxygens (including phenoxy) is 1. The monoisotopic (exact) mass is 366 g/mol. The van der Waals surface area contributed by atoms with Gasteiger partial charge in [0.2, 0.25) is 11.8 Å². The number of amides is 2. The molecule has 2 amide bonds. The molecular weight excluding hydrogens is 340 g/mol. The molecule has 1 N–H and O–H groups in total. The van der Waals surface area contributed by atoms with Crippen LogP contribution < -0.4 is 15.0 Å². The van der Waals surface area contributed by atoms with E-state index >= 15 is 0 Å². The van der Waals surface area contributed by atoms with Gasteiger partial charge in [-0.05, 0) is 55.7 Å². The van der Waals surface area contributed by atoms with Crippen LogP contribution in [0.4, 0.5) is 11.4 Å². The highest BCUT2D eigenvalue weighted by Gasteiger charge is 2.27. The van der Waals surface area contributed by atoms with E-state index in [-0.39, 0.29) is 30.8 Å². The Morgan fingerprint density at radius 1 is 1.15 bits per heavy atom. The van der Waals surface area contributed by atoms with Crippen molar-refractivity contribution in [3.05, 3.63) is 53.6 Å². The van der Waals surface area contributed by atoms with Crippen molar-refractivity contribution in [3.8, 4) is 5.75 Å². The zero-order valence-electron chi connectivity index (χ0n) is 16.1. The highest BCUT2D eigenvalue weighted by Crippen LogP contribution is 2.34. The van der Waals surface area contributed by atoms with Crippen molar-refractivity contribution in [2.45, 2.75) is 46.1 Å². The quantitative estimate of drug-likeness (QED) is 0.867. The average Bonchev–Trinajstić information content (AvgIpc) is 2.66. The first-order valence-electron chi connectivity index (χ1n) is 9.42. The van der Waals surface area contributed by atoms with E-state index in [1.54, 1.807) is 4.90 Å². The van der Waals surface area contributed by atoms with Gasteiger partial charge in [0, 0.05) is 18.5 Å². The van der Waals surface area contributed by atoms with Gasteiger partial charge in [-0.15, -0.1) is 0 Å². The van der Waals surface area contributed by atoms with Crippen LogP contribution in [0.25, 0.3) is 0 Å². The van der Waals surface area contributed by atoms with Gasteiger partial charge in [0.05, 0.1) is 12.2 Å². The summed E-state index contributed by atoms with van der Waals surface area (Å²) in [7, 11) is 0. The van der Waals surface area contributed by atoms with Crippen molar-refractivity contribution in [1.29, 1.82) is 0 Å². The van der Waals surface area contributed by atoms with Crippen LogP contribution in [0.15, 0.2) is 42.5 Å². The van der Waals surface area contributed by atoms with E-state index in [1.165, 1.54) is 5.56 Å². The molecular formula is C22H26N2O3. The fourth-order valence-electron chi connectivity index (χ4n) is 3.19. The lowest BCUT2D eigenvalue weighted by Crippen LogP contribution is -2.42. The third-order valence-corrected chi connectivity index (χ3v) is 4.69. The summed E-state index contributed by atoms with van der Waals surface area (Å²) in [6.45, 7) is 6.51. The third-order valence-electron chi connectivity index (χ3n) is 4.69. The molecule has 27 heavy (non-hydrogen) atoms. The van der Waals surface area contributed by atoms with Gasteiger partial charge in [-0.1, -0.05) is 25.1 Å². The highest BCUT2D eigenvalue weighted by atomic mass is 16.5. The molecule has 5 heteroatoms. The molecule has 1 aliphatic heterocycles. The van der Waals surface area contributed by atoms with E-state index in [1.807, 2.05) is 56.3 Å². The summed E-state index contributed by atoms with van der Waals surface area (Å²) in [6.07, 6.45) is 1.21. The summed E-state index contributed by atoms with van der Waals surface area (Å²) in [6, 6.07) is 13.6. The minimum Gasteiger partial charge on any atom is -0.487 e. The van der Waals surface area contributed by atoms with E-state index in [0.29, 0.717) is 12.3 Å². The van der Waals surface area contributed by atoms with Crippen LogP contribution in [0.5, 0.6) is 5.75 Å². The number of anilines is 2. The standard InChI is InChI=1S/C22H26N2O3/c1-4-17-6-8-18(9-7-17)23-21(25)11-12-22(26)24-14-16(3)27-20-10-5-15(2)13-19(20)24/h5-10,13,16H,4,11-12,14H2,1-3H3,(H,23,25). The van der Waals surface area contributed by atoms with E-state index in [0.717, 1.165) is 23.4 Å². The van der Waals surface area contributed by atoms with Gasteiger partial charge in [0.1, 0.15) is 11.9 Å². The number of hydrogen-bond donors (Lipinski definition) is 1. The molecule has 0 spiro atoms. The van der Waals surface area contributed by atoms with E-state index in [4.69, 9.17) is 4.74 Å². The minimum absolute atomic E-state index is 0.0616. The summed E-state index contributed by atoms with van der Waals surface area (Å²) in [5.41, 5.74) is 3.83. The molecule has 1 aliphatic rings. The Morgan fingerprint density at radius 3 is 2.59 bits per heavy atom. The third kappa shape index (κ3) is 4.67. The fourth-order valence-corrected chi connectivity index (χ4v) is 3.19. The second-order valence-electron chi connectivity index (χ2n) is 7.00. The van der Waals surface area contributed by atoms with Gasteiger partial charge in [0.15, 0.2) is 0 Å². The SMILES string of the molecule is CCc1ccc(NC(=O)CCC(=O)N2CC(C)Oc3ccc(C)cc32)cc1. The predicted octanol–water partition coefficient (Wildman–Crippen LogP) is 4.09. The number of benzene rings is 2. The topological polar surface area (TPSA) is 58.6 Å². The molecule has 2 aromatic rings. The first-order chi connectivity index (χ1) is 13.0. The molecule has 0 bridgehead atoms. The van der Waals surface area contributed by atoms with Crippen LogP contribution >= 0.6 is 0 Å². The van der Waals surface area contributed by atoms with Gasteiger partial charge < -0.3 is 15.0 Å². The van der Waals surface area contributed by atoms with Crippen LogP contribution in [0.2, 0.25) is 0 Å². The summed E-state index contributed by atoms with van der Waals surface area (Å²) in [4.78, 5) is 26.7. The van der Waals surface area contributed by atoms with E-state index in [9.17, 15) is 9.59 Å². The first kappa shape index (κ1) is 19.0. The van der Waals surface area contributed by atoms with Crippen LogP contribution in [-0.4, -0.2) is 24.5 Å². The zero-order valence-corrected chi connectivity index (χ0v) is 16.1. The van der Waals surface area contributed by atoms with Crippen molar-refractivity contribution >= 4 is 23.2 Å². The fraction of sp³-hybridized carbons (Fsp3) is 0.364. The van der Waals surface area contributed by atoms with Crippen LogP contribution in [0, 0.1) is 6.92 Å². The Kier molecular flexibility index (Phi) is 5.79. The van der Waals surface area contributed by atoms with Gasteiger partial charge in [0.25, 0.3) is 0 Å². The van der Waals surface area contributed by atoms with Gasteiger partial charge in [-0.3, -0.25) is 9.59 Å². The van der Waals surface area contributed by atoms with Gasteiger partial charge >= 0.3 is 0 Å². The molecule has 0 saturated heterocycles. The minimum atomic E-state index is -0.154. The summed E-state index contributed by atoms with van der Waals surface area (Å²) in [5, 5.41) is 2.85. The number of aryl methyl sites for hydroxylation is 2. The highest BCUT2D eigenvalue weighted by molar-refractivity contribution is 5.99. The first-order valence-corrected chi connectivity index (χ1v) is 9.42. The average molecular weight is 366 g/mol. The van der Waals surface area contributed by atoms with Crippen molar-refractivity contribution in [3.63, 3.8) is 0 Å². The number of nitrogens with one attached hydrogen (secondary N) is 1. The van der Waals surface area contributed by atoms with Crippen molar-refractivity contribution < 1.29 is 14.3 Å². The van der Waals surface area contributed by atoms with Crippen molar-refractivity contribution in [2.75, 3.05) is 16.8 Å². The molecule has 0 radical (unpaired) electrons. The Balaban J connectivity index is 1.60. The molecule has 1 unspecified atom stereocenters. The second kappa shape index (κ2) is 8.25. The molecule has 1 heterocycles. The van der Waals surface area contributed by atoms with Gasteiger partial charge in [-0.25, -0.2) is 0 Å². The summed E-state index contributed by atoms with van der Waals surface area (Å²) in [5.74, 6) is 0.500. The zero-order chi connectivity index (χ0) is 19.4. The molecule has 0 saturated carbocycles. The maximum atomic E-state index is 12.7. The molecule has 5 nitrogen and oxygen atoms in total. The Morgan fingerprint density at radius 2 is 1.89 bits per heavy atom. The molecule has 1 atom stereocenters. The summed E-state index contributed by atoms with van der Waals surface area (Å²) < 4.78 is 5.82. The van der Waals surface area contributed by atoms with Gasteiger partial charge in [-0.2, -0.15) is 0 Å². The largest absolute Gasteiger partial charge is 0.487 e. The Hall–Kier alpha value is -2.82. The second-order valence-corrected chi connectivity index (χ2v) is 7.00. The molecule has 142 valence electrons. The smallest absolute Gasteiger partial charge is 0.227 e. The molecule has 3 rings (SSSR count). The molecule has 0 fully saturated rings. The number of rotatable bonds is 5. The maximum Gasteiger partial charge on any atom is 0.227 e. The lowest BCUT2D eigenvalue weighted by molar-refractivity contribution is -0.122. The number of nitrogens with zero attached hydrogens (tertiary/aromatic N) is 1. The van der Waals surface area contributed by atoms with E-state index in [2.05, 4.69) is 12.2 Å². The Labute approximate surface area is 160 Å². The van der Waals surface area contributed by atoms with Crippen LogP contribution in [0.1, 0.15) is 37.8 Å². The molecule has 0 aromatic heterocycles. The lowest BCUT2D eigenvalue weighted by atomic mass is 10.1. The molecule has 2 aromatic carbocycles. The normalized spacial score (nSPS) is 15.7. The van der Waals surface area contributed by atoms with Crippen molar-refractivity contribution in [1.82, 2.24) is 0 Å². The lowest BCUT2D eigenvalue weighted by Gasteiger charge is -2.33. The number of carbonyl (C=O) groups is 2. The number of hydrogen-bond acceptors (Lipinski definition) is 3. The van der Waals surface area contributed by atoms with Crippen LogP contribution in [-0.2, 0) is 16.0 Å².